The van der Waals surface area contributed by atoms with Crippen LogP contribution in [0.1, 0.15) is 27.8 Å². The summed E-state index contributed by atoms with van der Waals surface area (Å²) in [6, 6.07) is 76.0. The van der Waals surface area contributed by atoms with E-state index in [1.807, 2.05) is 0 Å². The lowest BCUT2D eigenvalue weighted by Gasteiger charge is -2.35. The molecule has 10 rings (SSSR count). The third-order valence-corrected chi connectivity index (χ3v) is 11.2. The highest BCUT2D eigenvalue weighted by molar-refractivity contribution is 6.04. The van der Waals surface area contributed by atoms with Crippen LogP contribution in [0.25, 0.3) is 43.8 Å². The number of fused-ring (bicyclic) bond motifs is 5. The summed E-state index contributed by atoms with van der Waals surface area (Å²) in [7, 11) is 0. The van der Waals surface area contributed by atoms with Gasteiger partial charge in [-0.15, -0.1) is 0 Å². The number of anilines is 3. The number of hydrogen-bond acceptors (Lipinski definition) is 1. The van der Waals surface area contributed by atoms with Crippen molar-refractivity contribution in [2.45, 2.75) is 12.3 Å². The molecule has 9 aromatic carbocycles. The van der Waals surface area contributed by atoms with Crippen LogP contribution < -0.4 is 4.90 Å². The van der Waals surface area contributed by atoms with Gasteiger partial charge in [0.15, 0.2) is 0 Å². The molecule has 0 heterocycles. The Morgan fingerprint density at radius 2 is 0.981 bits per heavy atom. The highest BCUT2D eigenvalue weighted by Gasteiger charge is 2.47. The van der Waals surface area contributed by atoms with Crippen LogP contribution in [0.2, 0.25) is 0 Å². The predicted octanol–water partition coefficient (Wildman–Crippen LogP) is 13.8. The van der Waals surface area contributed by atoms with Crippen molar-refractivity contribution in [2.24, 2.45) is 0 Å². The average Bonchev–Trinajstić information content (AvgIpc) is 3.53. The van der Waals surface area contributed by atoms with Gasteiger partial charge in [0.25, 0.3) is 0 Å². The third-order valence-electron chi connectivity index (χ3n) is 11.2. The van der Waals surface area contributed by atoms with E-state index < -0.39 is 5.41 Å². The van der Waals surface area contributed by atoms with E-state index in [2.05, 4.69) is 218 Å². The Balaban J connectivity index is 1.33. The average molecular weight is 676 g/mol. The molecule has 0 aliphatic heterocycles. The van der Waals surface area contributed by atoms with E-state index in [4.69, 9.17) is 0 Å². The van der Waals surface area contributed by atoms with Gasteiger partial charge in [-0.3, -0.25) is 0 Å². The lowest BCUT2D eigenvalue weighted by Crippen LogP contribution is -2.28. The lowest BCUT2D eigenvalue weighted by molar-refractivity contribution is 0.768. The van der Waals surface area contributed by atoms with E-state index in [0.29, 0.717) is 0 Å². The Morgan fingerprint density at radius 1 is 0.396 bits per heavy atom. The maximum atomic E-state index is 2.51. The summed E-state index contributed by atoms with van der Waals surface area (Å²) >= 11 is 0. The maximum Gasteiger partial charge on any atom is 0.0714 e. The molecule has 53 heavy (non-hydrogen) atoms. The van der Waals surface area contributed by atoms with E-state index >= 15 is 0 Å². The highest BCUT2D eigenvalue weighted by Crippen LogP contribution is 2.58. The molecule has 250 valence electrons. The summed E-state index contributed by atoms with van der Waals surface area (Å²) in [6.45, 7) is 2.26. The van der Waals surface area contributed by atoms with Crippen molar-refractivity contribution in [3.05, 3.63) is 234 Å². The Bertz CT molecular complexity index is 2740. The van der Waals surface area contributed by atoms with Crippen molar-refractivity contribution in [3.8, 4) is 22.3 Å². The number of aryl methyl sites for hydroxylation is 1. The zero-order valence-electron chi connectivity index (χ0n) is 29.6. The van der Waals surface area contributed by atoms with Crippen molar-refractivity contribution < 1.29 is 0 Å². The van der Waals surface area contributed by atoms with Crippen LogP contribution >= 0.6 is 0 Å². The molecule has 0 unspecified atom stereocenters. The molecule has 0 aromatic heterocycles. The second-order valence-corrected chi connectivity index (χ2v) is 14.1. The third kappa shape index (κ3) is 4.85. The van der Waals surface area contributed by atoms with Gasteiger partial charge in [-0.05, 0) is 97.9 Å². The fourth-order valence-corrected chi connectivity index (χ4v) is 8.92. The topological polar surface area (TPSA) is 3.24 Å². The number of rotatable bonds is 6. The van der Waals surface area contributed by atoms with Crippen LogP contribution in [0.5, 0.6) is 0 Å². The molecule has 0 saturated heterocycles. The van der Waals surface area contributed by atoms with E-state index in [0.717, 1.165) is 17.1 Å². The van der Waals surface area contributed by atoms with Crippen LogP contribution in [-0.4, -0.2) is 0 Å². The predicted molar refractivity (Wildman–Crippen MR) is 224 cm³/mol. The second kappa shape index (κ2) is 12.5. The van der Waals surface area contributed by atoms with Crippen LogP contribution in [0.4, 0.5) is 17.1 Å². The Kier molecular flexibility index (Phi) is 7.33. The van der Waals surface area contributed by atoms with E-state index in [1.165, 1.54) is 71.6 Å². The molecular weight excluding hydrogens is 639 g/mol. The normalized spacial score (nSPS) is 12.8. The highest BCUT2D eigenvalue weighted by atomic mass is 15.1. The minimum Gasteiger partial charge on any atom is -0.309 e. The SMILES string of the molecule is Cc1cccc2c1-c1ccc(N(c3cc4ccccc4cc3-c3ccccc3)c3cccc4ccccc34)cc1C2(c1ccccc1)c1ccccc1. The Hall–Kier alpha value is -6.70. The van der Waals surface area contributed by atoms with Crippen molar-refractivity contribution in [1.82, 2.24) is 0 Å². The quantitative estimate of drug-likeness (QED) is 0.170. The fourth-order valence-electron chi connectivity index (χ4n) is 8.92. The molecule has 0 N–H and O–H groups in total. The summed E-state index contributed by atoms with van der Waals surface area (Å²) in [5.41, 5.74) is 14.3. The second-order valence-electron chi connectivity index (χ2n) is 14.1. The van der Waals surface area contributed by atoms with E-state index in [1.54, 1.807) is 0 Å². The van der Waals surface area contributed by atoms with Crippen LogP contribution in [-0.2, 0) is 5.41 Å². The summed E-state index contributed by atoms with van der Waals surface area (Å²) in [5, 5.41) is 4.85. The molecule has 0 radical (unpaired) electrons. The minimum absolute atomic E-state index is 0.509. The lowest BCUT2D eigenvalue weighted by atomic mass is 9.67. The monoisotopic (exact) mass is 675 g/mol. The molecule has 0 bridgehead atoms. The molecule has 0 atom stereocenters. The van der Waals surface area contributed by atoms with Gasteiger partial charge in [-0.2, -0.15) is 0 Å². The zero-order valence-corrected chi connectivity index (χ0v) is 29.6. The number of nitrogens with zero attached hydrogens (tertiary/aromatic N) is 1. The first-order valence-corrected chi connectivity index (χ1v) is 18.4. The fraction of sp³-hybridized carbons (Fsp3) is 0.0385. The van der Waals surface area contributed by atoms with Gasteiger partial charge in [-0.25, -0.2) is 0 Å². The van der Waals surface area contributed by atoms with Gasteiger partial charge in [-0.1, -0.05) is 176 Å². The molecule has 1 aliphatic carbocycles. The summed E-state index contributed by atoms with van der Waals surface area (Å²) in [6.07, 6.45) is 0. The Morgan fingerprint density at radius 3 is 1.70 bits per heavy atom. The minimum atomic E-state index is -0.509. The summed E-state index contributed by atoms with van der Waals surface area (Å²) in [4.78, 5) is 2.51. The van der Waals surface area contributed by atoms with Gasteiger partial charge in [0.1, 0.15) is 0 Å². The van der Waals surface area contributed by atoms with E-state index in [-0.39, 0.29) is 0 Å². The first-order chi connectivity index (χ1) is 26.2. The van der Waals surface area contributed by atoms with Crippen LogP contribution in [0.15, 0.2) is 206 Å². The van der Waals surface area contributed by atoms with Gasteiger partial charge < -0.3 is 4.90 Å². The number of hydrogen-bond donors (Lipinski definition) is 0. The van der Waals surface area contributed by atoms with Crippen molar-refractivity contribution in [3.63, 3.8) is 0 Å². The van der Waals surface area contributed by atoms with Crippen molar-refractivity contribution in [2.75, 3.05) is 4.90 Å². The van der Waals surface area contributed by atoms with Crippen molar-refractivity contribution in [1.29, 1.82) is 0 Å². The molecular formula is C52H37N. The Labute approximate surface area is 311 Å². The first-order valence-electron chi connectivity index (χ1n) is 18.4. The smallest absolute Gasteiger partial charge is 0.0714 e. The van der Waals surface area contributed by atoms with Crippen LogP contribution in [0, 0.1) is 6.92 Å². The molecule has 0 saturated carbocycles. The van der Waals surface area contributed by atoms with Crippen molar-refractivity contribution >= 4 is 38.6 Å². The molecule has 1 heteroatoms. The summed E-state index contributed by atoms with van der Waals surface area (Å²) < 4.78 is 0. The largest absolute Gasteiger partial charge is 0.309 e. The molecule has 0 amide bonds. The molecule has 1 nitrogen and oxygen atoms in total. The van der Waals surface area contributed by atoms with Gasteiger partial charge in [0, 0.05) is 16.6 Å². The summed E-state index contributed by atoms with van der Waals surface area (Å²) in [5.74, 6) is 0. The van der Waals surface area contributed by atoms with E-state index in [9.17, 15) is 0 Å². The molecule has 0 spiro atoms. The first kappa shape index (κ1) is 31.1. The molecule has 9 aromatic rings. The molecule has 0 fully saturated rings. The standard InChI is InChI=1S/C52H37N/c1-36-17-15-29-47-51(36)45-32-31-43(35-48(45)52(47,41-24-7-3-8-25-41)42-26-9-4-10-27-42)53(49-30-16-23-37-20-13-14-28-44(37)49)50-34-40-22-12-11-21-39(40)33-46(50)38-18-5-2-6-19-38/h2-35H,1H3. The molecule has 1 aliphatic rings. The van der Waals surface area contributed by atoms with Gasteiger partial charge >= 0.3 is 0 Å². The van der Waals surface area contributed by atoms with Crippen LogP contribution in [0.3, 0.4) is 0 Å². The zero-order chi connectivity index (χ0) is 35.4. The van der Waals surface area contributed by atoms with Gasteiger partial charge in [0.2, 0.25) is 0 Å². The number of benzene rings is 9. The van der Waals surface area contributed by atoms with Gasteiger partial charge in [0.05, 0.1) is 16.8 Å². The maximum absolute atomic E-state index is 2.51.